The van der Waals surface area contributed by atoms with Crippen molar-refractivity contribution in [1.29, 1.82) is 0 Å². The lowest BCUT2D eigenvalue weighted by Crippen LogP contribution is -2.32. The van der Waals surface area contributed by atoms with E-state index in [2.05, 4.69) is 21.2 Å². The van der Waals surface area contributed by atoms with Crippen LogP contribution in [-0.4, -0.2) is 30.5 Å². The fraction of sp³-hybridized carbons (Fsp3) is 0.185. The minimum Gasteiger partial charge on any atom is -0.484 e. The number of hydrazone groups is 1. The summed E-state index contributed by atoms with van der Waals surface area (Å²) in [4.78, 5) is 36.5. The number of rotatable bonds is 7. The van der Waals surface area contributed by atoms with Gasteiger partial charge in [0.15, 0.2) is 6.61 Å². The maximum atomic E-state index is 12.2. The van der Waals surface area contributed by atoms with Crippen molar-refractivity contribution < 1.29 is 19.1 Å². The zero-order valence-corrected chi connectivity index (χ0v) is 20.1. The van der Waals surface area contributed by atoms with Crippen LogP contribution in [0.2, 0.25) is 0 Å². The van der Waals surface area contributed by atoms with E-state index in [4.69, 9.17) is 4.74 Å². The van der Waals surface area contributed by atoms with Crippen LogP contribution in [-0.2, 0) is 14.4 Å². The molecule has 0 spiro atoms. The molecule has 3 amide bonds. The number of hydrogen-bond donors (Lipinski definition) is 3. The predicted octanol–water partition coefficient (Wildman–Crippen LogP) is 4.03. The molecule has 0 saturated carbocycles. The van der Waals surface area contributed by atoms with E-state index in [1.165, 1.54) is 6.21 Å². The van der Waals surface area contributed by atoms with Crippen LogP contribution in [0, 0.1) is 27.7 Å². The standard InChI is InChI=1S/C27H28N4O4/c1-17-11-12-23(20(4)13-17)29-24(32)16-35-22-10-6-9-21(14-22)15-28-31-27(34)26(33)30-25-18(2)7-5-8-19(25)3/h5-15H,16H2,1-4H3,(H,29,32)(H,30,33)(H,31,34)/b28-15-. The van der Waals surface area contributed by atoms with E-state index < -0.39 is 11.8 Å². The largest absolute Gasteiger partial charge is 0.484 e. The molecule has 0 aliphatic rings. The van der Waals surface area contributed by atoms with E-state index in [0.717, 1.165) is 27.9 Å². The van der Waals surface area contributed by atoms with Crippen molar-refractivity contribution >= 4 is 35.3 Å². The second-order valence-corrected chi connectivity index (χ2v) is 8.15. The number of nitrogens with one attached hydrogen (secondary N) is 3. The van der Waals surface area contributed by atoms with E-state index in [0.29, 0.717) is 17.0 Å². The van der Waals surface area contributed by atoms with Crippen LogP contribution < -0.4 is 20.8 Å². The zero-order valence-electron chi connectivity index (χ0n) is 20.1. The second-order valence-electron chi connectivity index (χ2n) is 8.15. The first kappa shape index (κ1) is 25.2. The summed E-state index contributed by atoms with van der Waals surface area (Å²) >= 11 is 0. The number of carbonyl (C=O) groups is 3. The van der Waals surface area contributed by atoms with Gasteiger partial charge in [-0.3, -0.25) is 14.4 Å². The topological polar surface area (TPSA) is 109 Å². The van der Waals surface area contributed by atoms with Gasteiger partial charge in [-0.15, -0.1) is 0 Å². The summed E-state index contributed by atoms with van der Waals surface area (Å²) < 4.78 is 5.57. The van der Waals surface area contributed by atoms with Crippen molar-refractivity contribution in [2.75, 3.05) is 17.2 Å². The van der Waals surface area contributed by atoms with Crippen LogP contribution in [0.25, 0.3) is 0 Å². The van der Waals surface area contributed by atoms with Crippen molar-refractivity contribution in [3.8, 4) is 5.75 Å². The maximum Gasteiger partial charge on any atom is 0.329 e. The van der Waals surface area contributed by atoms with Gasteiger partial charge in [0, 0.05) is 11.4 Å². The third kappa shape index (κ3) is 7.26. The number of ether oxygens (including phenoxy) is 1. The molecule has 180 valence electrons. The van der Waals surface area contributed by atoms with Crippen molar-refractivity contribution in [3.63, 3.8) is 0 Å². The van der Waals surface area contributed by atoms with Crippen molar-refractivity contribution in [1.82, 2.24) is 5.43 Å². The Morgan fingerprint density at radius 2 is 1.54 bits per heavy atom. The summed E-state index contributed by atoms with van der Waals surface area (Å²) in [5.74, 6) is -1.52. The van der Waals surface area contributed by atoms with Gasteiger partial charge in [0.2, 0.25) is 0 Å². The maximum absolute atomic E-state index is 12.2. The van der Waals surface area contributed by atoms with Gasteiger partial charge < -0.3 is 15.4 Å². The van der Waals surface area contributed by atoms with Crippen LogP contribution in [0.1, 0.15) is 27.8 Å². The van der Waals surface area contributed by atoms with Gasteiger partial charge in [0.05, 0.1) is 6.21 Å². The Balaban J connectivity index is 1.51. The normalized spacial score (nSPS) is 10.6. The number of benzene rings is 3. The smallest absolute Gasteiger partial charge is 0.329 e. The molecule has 8 heteroatoms. The predicted molar refractivity (Wildman–Crippen MR) is 137 cm³/mol. The van der Waals surface area contributed by atoms with Crippen LogP contribution in [0.15, 0.2) is 65.8 Å². The molecule has 0 saturated heterocycles. The monoisotopic (exact) mass is 472 g/mol. The molecular weight excluding hydrogens is 444 g/mol. The first-order chi connectivity index (χ1) is 16.7. The molecule has 3 rings (SSSR count). The van der Waals surface area contributed by atoms with Crippen molar-refractivity contribution in [2.45, 2.75) is 27.7 Å². The number of para-hydroxylation sites is 1. The minimum atomic E-state index is -0.889. The summed E-state index contributed by atoms with van der Waals surface area (Å²) in [5.41, 5.74) is 7.97. The van der Waals surface area contributed by atoms with Crippen LogP contribution in [0.3, 0.4) is 0 Å². The van der Waals surface area contributed by atoms with Crippen molar-refractivity contribution in [3.05, 3.63) is 88.5 Å². The SMILES string of the molecule is Cc1ccc(NC(=O)COc2cccc(/C=N\NC(=O)C(=O)Nc3c(C)cccc3C)c2)c(C)c1. The fourth-order valence-electron chi connectivity index (χ4n) is 3.37. The van der Waals surface area contributed by atoms with E-state index in [1.54, 1.807) is 24.3 Å². The van der Waals surface area contributed by atoms with Gasteiger partial charge in [-0.25, -0.2) is 5.43 Å². The Labute approximate surface area is 204 Å². The highest BCUT2D eigenvalue weighted by atomic mass is 16.5. The Morgan fingerprint density at radius 3 is 2.26 bits per heavy atom. The molecule has 0 aliphatic carbocycles. The molecule has 0 bridgehead atoms. The van der Waals surface area contributed by atoms with Crippen LogP contribution in [0.5, 0.6) is 5.75 Å². The molecule has 35 heavy (non-hydrogen) atoms. The van der Waals surface area contributed by atoms with Crippen molar-refractivity contribution in [2.24, 2.45) is 5.10 Å². The molecule has 0 atom stereocenters. The molecule has 0 aliphatic heterocycles. The summed E-state index contributed by atoms with van der Waals surface area (Å²) in [6.45, 7) is 7.45. The molecular formula is C27H28N4O4. The molecule has 8 nitrogen and oxygen atoms in total. The van der Waals surface area contributed by atoms with Crippen LogP contribution >= 0.6 is 0 Å². The number of carbonyl (C=O) groups excluding carboxylic acids is 3. The third-order valence-electron chi connectivity index (χ3n) is 5.19. The van der Waals surface area contributed by atoms with Gasteiger partial charge in [0.1, 0.15) is 5.75 Å². The Morgan fingerprint density at radius 1 is 0.829 bits per heavy atom. The number of amides is 3. The van der Waals surface area contributed by atoms with E-state index in [-0.39, 0.29) is 12.5 Å². The highest BCUT2D eigenvalue weighted by Crippen LogP contribution is 2.19. The van der Waals surface area contributed by atoms with Gasteiger partial charge in [-0.05, 0) is 68.1 Å². The zero-order chi connectivity index (χ0) is 25.4. The number of anilines is 2. The number of nitrogens with zero attached hydrogens (tertiary/aromatic N) is 1. The average Bonchev–Trinajstić information content (AvgIpc) is 2.82. The fourth-order valence-corrected chi connectivity index (χ4v) is 3.37. The van der Waals surface area contributed by atoms with Gasteiger partial charge in [0.25, 0.3) is 5.91 Å². The molecule has 3 N–H and O–H groups in total. The Bertz CT molecular complexity index is 1260. The second kappa shape index (κ2) is 11.6. The molecule has 0 fully saturated rings. The average molecular weight is 473 g/mol. The molecule has 0 heterocycles. The first-order valence-corrected chi connectivity index (χ1v) is 11.0. The lowest BCUT2D eigenvalue weighted by Gasteiger charge is -2.10. The van der Waals surface area contributed by atoms with Gasteiger partial charge >= 0.3 is 11.8 Å². The molecule has 0 aromatic heterocycles. The first-order valence-electron chi connectivity index (χ1n) is 11.0. The molecule has 3 aromatic rings. The Hall–Kier alpha value is -4.46. The summed E-state index contributed by atoms with van der Waals surface area (Å²) in [7, 11) is 0. The lowest BCUT2D eigenvalue weighted by molar-refractivity contribution is -0.136. The number of hydrogen-bond acceptors (Lipinski definition) is 5. The van der Waals surface area contributed by atoms with E-state index in [9.17, 15) is 14.4 Å². The van der Waals surface area contributed by atoms with Crippen LogP contribution in [0.4, 0.5) is 11.4 Å². The molecule has 0 radical (unpaired) electrons. The lowest BCUT2D eigenvalue weighted by atomic mass is 10.1. The quantitative estimate of drug-likeness (QED) is 0.274. The van der Waals surface area contributed by atoms with Gasteiger partial charge in [-0.2, -0.15) is 5.10 Å². The Kier molecular flexibility index (Phi) is 8.34. The molecule has 0 unspecified atom stereocenters. The minimum absolute atomic E-state index is 0.164. The highest BCUT2D eigenvalue weighted by Gasteiger charge is 2.15. The van der Waals surface area contributed by atoms with Gasteiger partial charge in [-0.1, -0.05) is 48.0 Å². The highest BCUT2D eigenvalue weighted by molar-refractivity contribution is 6.39. The van der Waals surface area contributed by atoms with E-state index >= 15 is 0 Å². The molecule has 3 aromatic carbocycles. The third-order valence-corrected chi connectivity index (χ3v) is 5.19. The summed E-state index contributed by atoms with van der Waals surface area (Å²) in [6.07, 6.45) is 1.38. The summed E-state index contributed by atoms with van der Waals surface area (Å²) in [6, 6.07) is 18.2. The summed E-state index contributed by atoms with van der Waals surface area (Å²) in [5, 5.41) is 9.27. The number of aryl methyl sites for hydroxylation is 4. The van der Waals surface area contributed by atoms with E-state index in [1.807, 2.05) is 64.1 Å².